The molecular formula is C10H14N2O. The monoisotopic (exact) mass is 178 g/mol. The van der Waals surface area contributed by atoms with Crippen LogP contribution in [0.2, 0.25) is 0 Å². The fourth-order valence-electron chi connectivity index (χ4n) is 1.15. The molecule has 0 unspecified atom stereocenters. The lowest BCUT2D eigenvalue weighted by Crippen LogP contribution is -2.42. The first-order valence-electron chi connectivity index (χ1n) is 4.12. The Morgan fingerprint density at radius 2 is 1.85 bits per heavy atom. The molecule has 3 nitrogen and oxygen atoms in total. The van der Waals surface area contributed by atoms with E-state index in [1.165, 1.54) is 0 Å². The lowest BCUT2D eigenvalue weighted by atomic mass is 9.93. The molecule has 1 aromatic carbocycles. The fourth-order valence-corrected chi connectivity index (χ4v) is 1.15. The molecule has 0 saturated heterocycles. The van der Waals surface area contributed by atoms with Crippen molar-refractivity contribution in [2.45, 2.75) is 19.4 Å². The Morgan fingerprint density at radius 3 is 2.23 bits per heavy atom. The summed E-state index contributed by atoms with van der Waals surface area (Å²) in [5.41, 5.74) is 6.54. The van der Waals surface area contributed by atoms with Crippen LogP contribution >= 0.6 is 0 Å². The van der Waals surface area contributed by atoms with Crippen molar-refractivity contribution in [3.8, 4) is 0 Å². The van der Waals surface area contributed by atoms with Gasteiger partial charge >= 0.3 is 0 Å². The highest BCUT2D eigenvalue weighted by molar-refractivity contribution is 6.06. The lowest BCUT2D eigenvalue weighted by Gasteiger charge is -2.19. The Hall–Kier alpha value is -1.35. The van der Waals surface area contributed by atoms with Gasteiger partial charge in [-0.3, -0.25) is 0 Å². The van der Waals surface area contributed by atoms with Crippen molar-refractivity contribution >= 4 is 5.71 Å². The molecule has 0 radical (unpaired) electrons. The predicted octanol–water partition coefficient (Wildman–Crippen LogP) is 1.60. The third-order valence-electron chi connectivity index (χ3n) is 1.76. The summed E-state index contributed by atoms with van der Waals surface area (Å²) in [7, 11) is 0. The van der Waals surface area contributed by atoms with Gasteiger partial charge in [0.15, 0.2) is 0 Å². The van der Waals surface area contributed by atoms with Crippen LogP contribution in [0.1, 0.15) is 19.4 Å². The van der Waals surface area contributed by atoms with Crippen LogP contribution in [-0.2, 0) is 0 Å². The van der Waals surface area contributed by atoms with Crippen LogP contribution in [0.25, 0.3) is 0 Å². The first kappa shape index (κ1) is 9.74. The van der Waals surface area contributed by atoms with E-state index in [1.54, 1.807) is 13.8 Å². The maximum atomic E-state index is 8.82. The second-order valence-corrected chi connectivity index (χ2v) is 3.54. The number of rotatable bonds is 2. The zero-order valence-electron chi connectivity index (χ0n) is 7.86. The molecule has 0 bridgehead atoms. The zero-order chi connectivity index (χ0) is 9.90. The third kappa shape index (κ3) is 2.29. The number of nitrogens with two attached hydrogens (primary N) is 1. The Kier molecular flexibility index (Phi) is 2.68. The molecule has 0 aliphatic rings. The van der Waals surface area contributed by atoms with E-state index in [2.05, 4.69) is 5.16 Å². The molecule has 0 amide bonds. The Morgan fingerprint density at radius 1 is 1.31 bits per heavy atom. The van der Waals surface area contributed by atoms with Gasteiger partial charge in [0.25, 0.3) is 0 Å². The quantitative estimate of drug-likeness (QED) is 0.410. The first-order valence-corrected chi connectivity index (χ1v) is 4.12. The smallest absolute Gasteiger partial charge is 0.106 e. The van der Waals surface area contributed by atoms with Gasteiger partial charge in [0, 0.05) is 5.56 Å². The van der Waals surface area contributed by atoms with Gasteiger partial charge in [0.05, 0.1) is 5.54 Å². The van der Waals surface area contributed by atoms with Crippen LogP contribution in [0, 0.1) is 0 Å². The summed E-state index contributed by atoms with van der Waals surface area (Å²) < 4.78 is 0. The van der Waals surface area contributed by atoms with Crippen molar-refractivity contribution in [1.82, 2.24) is 0 Å². The minimum absolute atomic E-state index is 0.494. The molecule has 0 aromatic heterocycles. The average molecular weight is 178 g/mol. The van der Waals surface area contributed by atoms with Crippen molar-refractivity contribution < 1.29 is 5.21 Å². The molecule has 0 saturated carbocycles. The highest BCUT2D eigenvalue weighted by Crippen LogP contribution is 2.10. The molecule has 70 valence electrons. The van der Waals surface area contributed by atoms with Gasteiger partial charge in [-0.2, -0.15) is 0 Å². The number of hydrogen-bond acceptors (Lipinski definition) is 3. The molecule has 1 aromatic rings. The van der Waals surface area contributed by atoms with Crippen LogP contribution in [0.5, 0.6) is 0 Å². The molecule has 0 atom stereocenters. The molecule has 1 rings (SSSR count). The van der Waals surface area contributed by atoms with E-state index in [1.807, 2.05) is 30.3 Å². The van der Waals surface area contributed by atoms with Crippen LogP contribution in [0.4, 0.5) is 0 Å². The van der Waals surface area contributed by atoms with E-state index in [-0.39, 0.29) is 0 Å². The molecule has 0 heterocycles. The average Bonchev–Trinajstić information content (AvgIpc) is 2.05. The van der Waals surface area contributed by atoms with Crippen LogP contribution in [-0.4, -0.2) is 16.5 Å². The van der Waals surface area contributed by atoms with Gasteiger partial charge in [-0.15, -0.1) is 0 Å². The minimum Gasteiger partial charge on any atom is -0.411 e. The van der Waals surface area contributed by atoms with Gasteiger partial charge in [0.2, 0.25) is 0 Å². The summed E-state index contributed by atoms with van der Waals surface area (Å²) >= 11 is 0. The molecule has 3 N–H and O–H groups in total. The van der Waals surface area contributed by atoms with Crippen LogP contribution in [0.3, 0.4) is 0 Å². The third-order valence-corrected chi connectivity index (χ3v) is 1.76. The van der Waals surface area contributed by atoms with Gasteiger partial charge < -0.3 is 10.9 Å². The van der Waals surface area contributed by atoms with E-state index in [0.717, 1.165) is 5.56 Å². The van der Waals surface area contributed by atoms with E-state index in [9.17, 15) is 0 Å². The Labute approximate surface area is 77.9 Å². The second kappa shape index (κ2) is 3.58. The summed E-state index contributed by atoms with van der Waals surface area (Å²) in [6.07, 6.45) is 0. The zero-order valence-corrected chi connectivity index (χ0v) is 7.86. The molecule has 0 aliphatic heterocycles. The maximum Gasteiger partial charge on any atom is 0.106 e. The highest BCUT2D eigenvalue weighted by atomic mass is 16.4. The molecular weight excluding hydrogens is 164 g/mol. The van der Waals surface area contributed by atoms with Crippen molar-refractivity contribution in [2.75, 3.05) is 0 Å². The van der Waals surface area contributed by atoms with Crippen LogP contribution in [0.15, 0.2) is 35.5 Å². The summed E-state index contributed by atoms with van der Waals surface area (Å²) in [6.45, 7) is 3.60. The summed E-state index contributed by atoms with van der Waals surface area (Å²) in [5.74, 6) is 0. The highest BCUT2D eigenvalue weighted by Gasteiger charge is 2.21. The Bertz CT molecular complexity index is 298. The number of nitrogens with zero attached hydrogens (tertiary/aromatic N) is 1. The largest absolute Gasteiger partial charge is 0.411 e. The number of benzene rings is 1. The normalized spacial score (nSPS) is 13.0. The van der Waals surface area contributed by atoms with Crippen molar-refractivity contribution in [2.24, 2.45) is 10.9 Å². The van der Waals surface area contributed by atoms with Gasteiger partial charge in [-0.1, -0.05) is 35.5 Å². The first-order chi connectivity index (χ1) is 6.05. The molecule has 0 fully saturated rings. The Balaban J connectivity index is 3.08. The van der Waals surface area contributed by atoms with E-state index >= 15 is 0 Å². The minimum atomic E-state index is -0.629. The van der Waals surface area contributed by atoms with Gasteiger partial charge in [-0.05, 0) is 13.8 Å². The molecule has 13 heavy (non-hydrogen) atoms. The predicted molar refractivity (Wildman–Crippen MR) is 53.0 cm³/mol. The standard InChI is InChI=1S/C10H14N2O/c1-10(2,11)9(12-13)8-6-4-3-5-7-8/h3-7,13H,11H2,1-2H3/b12-9+. The summed E-state index contributed by atoms with van der Waals surface area (Å²) in [6, 6.07) is 9.40. The van der Waals surface area contributed by atoms with Crippen LogP contribution < -0.4 is 5.73 Å². The van der Waals surface area contributed by atoms with Crippen molar-refractivity contribution in [1.29, 1.82) is 0 Å². The number of hydrogen-bond donors (Lipinski definition) is 2. The molecule has 0 spiro atoms. The van der Waals surface area contributed by atoms with Crippen molar-refractivity contribution in [3.63, 3.8) is 0 Å². The summed E-state index contributed by atoms with van der Waals surface area (Å²) in [5, 5.41) is 12.0. The number of oxime groups is 1. The van der Waals surface area contributed by atoms with Gasteiger partial charge in [-0.25, -0.2) is 0 Å². The molecule has 0 aliphatic carbocycles. The lowest BCUT2D eigenvalue weighted by molar-refractivity contribution is 0.315. The fraction of sp³-hybridized carbons (Fsp3) is 0.300. The van der Waals surface area contributed by atoms with E-state index < -0.39 is 5.54 Å². The van der Waals surface area contributed by atoms with E-state index in [4.69, 9.17) is 10.9 Å². The summed E-state index contributed by atoms with van der Waals surface area (Å²) in [4.78, 5) is 0. The topological polar surface area (TPSA) is 58.6 Å². The SMILES string of the molecule is CC(C)(N)/C(=N/O)c1ccccc1. The van der Waals surface area contributed by atoms with Crippen molar-refractivity contribution in [3.05, 3.63) is 35.9 Å². The van der Waals surface area contributed by atoms with E-state index in [0.29, 0.717) is 5.71 Å². The van der Waals surface area contributed by atoms with Gasteiger partial charge in [0.1, 0.15) is 5.71 Å². The molecule has 3 heteroatoms. The second-order valence-electron chi connectivity index (χ2n) is 3.54. The maximum absolute atomic E-state index is 8.82.